The molecule has 5 nitrogen and oxygen atoms in total. The van der Waals surface area contributed by atoms with Crippen molar-refractivity contribution in [3.63, 3.8) is 0 Å². The molecule has 29 heavy (non-hydrogen) atoms. The number of nitrogens with one attached hydrogen (secondary N) is 1. The molecule has 1 saturated heterocycles. The number of rotatable bonds is 4. The van der Waals surface area contributed by atoms with Crippen LogP contribution in [-0.2, 0) is 0 Å². The summed E-state index contributed by atoms with van der Waals surface area (Å²) >= 11 is 0. The van der Waals surface area contributed by atoms with E-state index in [0.717, 1.165) is 41.2 Å². The summed E-state index contributed by atoms with van der Waals surface area (Å²) in [5.41, 5.74) is 2.22. The number of fused-ring (bicyclic) bond motifs is 1. The van der Waals surface area contributed by atoms with Crippen molar-refractivity contribution in [1.29, 1.82) is 0 Å². The zero-order valence-corrected chi connectivity index (χ0v) is 17.2. The quantitative estimate of drug-likeness (QED) is 0.684. The van der Waals surface area contributed by atoms with Crippen LogP contribution in [0.3, 0.4) is 0 Å². The molecule has 1 amide bonds. The molecule has 2 atom stereocenters. The van der Waals surface area contributed by atoms with E-state index in [1.807, 2.05) is 54.6 Å². The van der Waals surface area contributed by atoms with E-state index in [0.29, 0.717) is 17.4 Å². The number of hydrogen-bond donors (Lipinski definition) is 1. The van der Waals surface area contributed by atoms with Crippen LogP contribution in [0.1, 0.15) is 30.6 Å². The number of carbonyl (C=O) groups excluding carboxylic acids is 1. The number of pyridine rings is 1. The largest absolute Gasteiger partial charge is 0.497 e. The van der Waals surface area contributed by atoms with E-state index < -0.39 is 0 Å². The summed E-state index contributed by atoms with van der Waals surface area (Å²) in [5, 5.41) is 3.87. The topological polar surface area (TPSA) is 54.5 Å². The predicted octanol–water partition coefficient (Wildman–Crippen LogP) is 4.98. The van der Waals surface area contributed by atoms with Crippen molar-refractivity contribution in [3.05, 3.63) is 60.2 Å². The highest BCUT2D eigenvalue weighted by molar-refractivity contribution is 6.13. The minimum absolute atomic E-state index is 0.131. The molecule has 2 aromatic carbocycles. The zero-order chi connectivity index (χ0) is 20.4. The summed E-state index contributed by atoms with van der Waals surface area (Å²) in [6.07, 6.45) is 1.23. The SMILES string of the molecule is COc1ccc(NC(=O)c2cc(N3C[C@H](C)C[C@H](C)C3)nc3ccccc23)cc1. The third-order valence-corrected chi connectivity index (χ3v) is 5.49. The second kappa shape index (κ2) is 8.11. The lowest BCUT2D eigenvalue weighted by molar-refractivity contribution is 0.102. The molecule has 3 aromatic rings. The molecule has 0 spiro atoms. The summed E-state index contributed by atoms with van der Waals surface area (Å²) < 4.78 is 5.19. The molecule has 150 valence electrons. The Morgan fingerprint density at radius 1 is 1.07 bits per heavy atom. The standard InChI is InChI=1S/C24H27N3O2/c1-16-12-17(2)15-27(14-16)23-13-21(20-6-4-5-7-22(20)26-23)24(28)25-18-8-10-19(29-3)11-9-18/h4-11,13,16-17H,12,14-15H2,1-3H3,(H,25,28)/t16-,17+. The number of para-hydroxylation sites is 1. The van der Waals surface area contributed by atoms with Crippen LogP contribution in [0.25, 0.3) is 10.9 Å². The van der Waals surface area contributed by atoms with Gasteiger partial charge in [-0.05, 0) is 54.7 Å². The van der Waals surface area contributed by atoms with Gasteiger partial charge in [0.1, 0.15) is 11.6 Å². The van der Waals surface area contributed by atoms with Gasteiger partial charge in [-0.3, -0.25) is 4.79 Å². The Morgan fingerprint density at radius 3 is 2.45 bits per heavy atom. The molecule has 0 radical (unpaired) electrons. The van der Waals surface area contributed by atoms with Gasteiger partial charge in [-0.15, -0.1) is 0 Å². The monoisotopic (exact) mass is 389 g/mol. The average molecular weight is 389 g/mol. The molecule has 1 aliphatic heterocycles. The van der Waals surface area contributed by atoms with Crippen LogP contribution in [0.2, 0.25) is 0 Å². The number of ether oxygens (including phenoxy) is 1. The molecule has 0 aliphatic carbocycles. The second-order valence-corrected chi connectivity index (χ2v) is 8.08. The number of benzene rings is 2. The van der Waals surface area contributed by atoms with Gasteiger partial charge in [0.15, 0.2) is 0 Å². The van der Waals surface area contributed by atoms with Crippen LogP contribution in [0.4, 0.5) is 11.5 Å². The first-order valence-corrected chi connectivity index (χ1v) is 10.1. The number of anilines is 2. The van der Waals surface area contributed by atoms with E-state index >= 15 is 0 Å². The molecule has 1 N–H and O–H groups in total. The Labute approximate surface area is 171 Å². The van der Waals surface area contributed by atoms with Crippen molar-refractivity contribution >= 4 is 28.3 Å². The number of nitrogens with zero attached hydrogens (tertiary/aromatic N) is 2. The van der Waals surface area contributed by atoms with Crippen LogP contribution in [0.15, 0.2) is 54.6 Å². The van der Waals surface area contributed by atoms with Gasteiger partial charge < -0.3 is 15.0 Å². The third-order valence-electron chi connectivity index (χ3n) is 5.49. The molecule has 2 heterocycles. The number of aromatic nitrogens is 1. The summed E-state index contributed by atoms with van der Waals surface area (Å²) in [4.78, 5) is 20.3. The van der Waals surface area contributed by atoms with Crippen LogP contribution in [-0.4, -0.2) is 31.1 Å². The fourth-order valence-electron chi connectivity index (χ4n) is 4.23. The summed E-state index contributed by atoms with van der Waals surface area (Å²) in [5.74, 6) is 2.73. The van der Waals surface area contributed by atoms with E-state index in [4.69, 9.17) is 9.72 Å². The lowest BCUT2D eigenvalue weighted by atomic mass is 9.92. The first-order valence-electron chi connectivity index (χ1n) is 10.1. The van der Waals surface area contributed by atoms with E-state index in [9.17, 15) is 4.79 Å². The Hall–Kier alpha value is -3.08. The molecule has 0 saturated carbocycles. The maximum atomic E-state index is 13.2. The van der Waals surface area contributed by atoms with E-state index in [1.54, 1.807) is 7.11 Å². The number of methoxy groups -OCH3 is 1. The molecular weight excluding hydrogens is 362 g/mol. The molecule has 4 rings (SSSR count). The number of hydrogen-bond acceptors (Lipinski definition) is 4. The Morgan fingerprint density at radius 2 is 1.76 bits per heavy atom. The molecular formula is C24H27N3O2. The first kappa shape index (κ1) is 19.2. The summed E-state index contributed by atoms with van der Waals surface area (Å²) in [7, 11) is 1.63. The smallest absolute Gasteiger partial charge is 0.256 e. The summed E-state index contributed by atoms with van der Waals surface area (Å²) in [6, 6.07) is 17.1. The van der Waals surface area contributed by atoms with Crippen LogP contribution < -0.4 is 15.0 Å². The summed E-state index contributed by atoms with van der Waals surface area (Å²) in [6.45, 7) is 6.49. The average Bonchev–Trinajstić information content (AvgIpc) is 2.72. The van der Waals surface area contributed by atoms with E-state index in [2.05, 4.69) is 24.1 Å². The molecule has 0 unspecified atom stereocenters. The van der Waals surface area contributed by atoms with Gasteiger partial charge in [0.05, 0.1) is 18.2 Å². The highest BCUT2D eigenvalue weighted by Crippen LogP contribution is 2.29. The van der Waals surface area contributed by atoms with Crippen LogP contribution in [0.5, 0.6) is 5.75 Å². The Balaban J connectivity index is 1.69. The molecule has 5 heteroatoms. The van der Waals surface area contributed by atoms with Crippen molar-refractivity contribution in [2.45, 2.75) is 20.3 Å². The van der Waals surface area contributed by atoms with Crippen molar-refractivity contribution in [2.75, 3.05) is 30.4 Å². The lowest BCUT2D eigenvalue weighted by Crippen LogP contribution is -2.39. The van der Waals surface area contributed by atoms with Crippen molar-refractivity contribution < 1.29 is 9.53 Å². The zero-order valence-electron chi connectivity index (χ0n) is 17.2. The number of amides is 1. The first-order chi connectivity index (χ1) is 14.0. The molecule has 0 bridgehead atoms. The second-order valence-electron chi connectivity index (χ2n) is 8.08. The van der Waals surface area contributed by atoms with E-state index in [1.165, 1.54) is 6.42 Å². The van der Waals surface area contributed by atoms with Gasteiger partial charge in [-0.2, -0.15) is 0 Å². The molecule has 1 aromatic heterocycles. The Bertz CT molecular complexity index is 1010. The van der Waals surface area contributed by atoms with Gasteiger partial charge in [0, 0.05) is 24.2 Å². The fourth-order valence-corrected chi connectivity index (χ4v) is 4.23. The van der Waals surface area contributed by atoms with Gasteiger partial charge in [-0.25, -0.2) is 4.98 Å². The highest BCUT2D eigenvalue weighted by Gasteiger charge is 2.24. The van der Waals surface area contributed by atoms with E-state index in [-0.39, 0.29) is 5.91 Å². The van der Waals surface area contributed by atoms with Gasteiger partial charge in [0.2, 0.25) is 0 Å². The van der Waals surface area contributed by atoms with Crippen molar-refractivity contribution in [3.8, 4) is 5.75 Å². The molecule has 1 aliphatic rings. The maximum absolute atomic E-state index is 13.2. The van der Waals surface area contributed by atoms with Crippen LogP contribution in [0, 0.1) is 11.8 Å². The predicted molar refractivity (Wildman–Crippen MR) is 118 cm³/mol. The number of piperidine rings is 1. The Kier molecular flexibility index (Phi) is 5.38. The normalized spacial score (nSPS) is 19.2. The maximum Gasteiger partial charge on any atom is 0.256 e. The highest BCUT2D eigenvalue weighted by atomic mass is 16.5. The van der Waals surface area contributed by atoms with Crippen molar-refractivity contribution in [1.82, 2.24) is 4.98 Å². The third kappa shape index (κ3) is 4.19. The van der Waals surface area contributed by atoms with Gasteiger partial charge >= 0.3 is 0 Å². The minimum Gasteiger partial charge on any atom is -0.497 e. The van der Waals surface area contributed by atoms with Gasteiger partial charge in [0.25, 0.3) is 5.91 Å². The van der Waals surface area contributed by atoms with Crippen LogP contribution >= 0.6 is 0 Å². The molecule has 1 fully saturated rings. The fraction of sp³-hybridized carbons (Fsp3) is 0.333. The minimum atomic E-state index is -0.131. The lowest BCUT2D eigenvalue weighted by Gasteiger charge is -2.36. The van der Waals surface area contributed by atoms with Gasteiger partial charge in [-0.1, -0.05) is 32.0 Å². The number of carbonyl (C=O) groups is 1. The van der Waals surface area contributed by atoms with Crippen molar-refractivity contribution in [2.24, 2.45) is 11.8 Å².